The Morgan fingerprint density at radius 1 is 1.40 bits per heavy atom. The molecule has 1 heterocycles. The molecule has 108 valence electrons. The Morgan fingerprint density at radius 2 is 2.15 bits per heavy atom. The summed E-state index contributed by atoms with van der Waals surface area (Å²) in [6.07, 6.45) is 0.376. The second-order valence-electron chi connectivity index (χ2n) is 4.30. The van der Waals surface area contributed by atoms with Crippen molar-refractivity contribution in [3.05, 3.63) is 55.1 Å². The first-order valence-electron chi connectivity index (χ1n) is 6.14. The smallest absolute Gasteiger partial charge is 0.162 e. The quantitative estimate of drug-likeness (QED) is 0.738. The molecule has 2 rings (SSSR count). The first-order chi connectivity index (χ1) is 9.52. The lowest BCUT2D eigenvalue weighted by Crippen LogP contribution is -2.22. The van der Waals surface area contributed by atoms with Crippen molar-refractivity contribution in [3.8, 4) is 0 Å². The summed E-state index contributed by atoms with van der Waals surface area (Å²) in [5.74, 6) is -1.60. The van der Waals surface area contributed by atoms with Crippen LogP contribution in [0.3, 0.4) is 0 Å². The van der Waals surface area contributed by atoms with E-state index in [1.807, 2.05) is 13.0 Å². The van der Waals surface area contributed by atoms with Crippen LogP contribution in [-0.4, -0.2) is 6.54 Å². The van der Waals surface area contributed by atoms with Crippen LogP contribution < -0.4 is 5.32 Å². The van der Waals surface area contributed by atoms with Gasteiger partial charge in [0.25, 0.3) is 0 Å². The highest BCUT2D eigenvalue weighted by molar-refractivity contribution is 9.10. The van der Waals surface area contributed by atoms with E-state index in [1.54, 1.807) is 6.07 Å². The summed E-state index contributed by atoms with van der Waals surface area (Å²) in [6.45, 7) is 2.70. The molecule has 1 aromatic heterocycles. The lowest BCUT2D eigenvalue weighted by molar-refractivity contribution is 0.483. The van der Waals surface area contributed by atoms with Gasteiger partial charge in [0, 0.05) is 15.4 Å². The fraction of sp³-hybridized carbons (Fsp3) is 0.286. The molecule has 1 unspecified atom stereocenters. The van der Waals surface area contributed by atoms with Crippen molar-refractivity contribution in [1.82, 2.24) is 5.32 Å². The number of likely N-dealkylation sites (N-methyl/N-ethyl adjacent to an activating group) is 1. The molecule has 1 nitrogen and oxygen atoms in total. The van der Waals surface area contributed by atoms with E-state index >= 15 is 0 Å². The molecule has 0 saturated heterocycles. The molecular formula is C14H13BrClF2NS. The SMILES string of the molecule is CCNC(Cc1cccc(F)c1F)c1cc(Br)c(Cl)s1. The van der Waals surface area contributed by atoms with Crippen LogP contribution in [0, 0.1) is 11.6 Å². The molecule has 0 aliphatic rings. The van der Waals surface area contributed by atoms with Gasteiger partial charge in [-0.25, -0.2) is 8.78 Å². The average molecular weight is 381 g/mol. The van der Waals surface area contributed by atoms with Crippen molar-refractivity contribution in [3.63, 3.8) is 0 Å². The predicted octanol–water partition coefficient (Wildman–Crippen LogP) is 5.34. The van der Waals surface area contributed by atoms with Gasteiger partial charge in [0.15, 0.2) is 11.6 Å². The van der Waals surface area contributed by atoms with Crippen LogP contribution in [0.5, 0.6) is 0 Å². The van der Waals surface area contributed by atoms with Gasteiger partial charge in [-0.15, -0.1) is 11.3 Å². The summed E-state index contributed by atoms with van der Waals surface area (Å²) in [5, 5.41) is 3.28. The zero-order valence-corrected chi connectivity index (χ0v) is 13.9. The minimum absolute atomic E-state index is 0.0925. The Morgan fingerprint density at radius 3 is 2.75 bits per heavy atom. The lowest BCUT2D eigenvalue weighted by Gasteiger charge is -2.17. The van der Waals surface area contributed by atoms with Gasteiger partial charge in [-0.2, -0.15) is 0 Å². The maximum absolute atomic E-state index is 13.8. The van der Waals surface area contributed by atoms with Crippen molar-refractivity contribution < 1.29 is 8.78 Å². The molecule has 0 radical (unpaired) electrons. The number of hydrogen-bond donors (Lipinski definition) is 1. The van der Waals surface area contributed by atoms with Crippen LogP contribution in [0.25, 0.3) is 0 Å². The van der Waals surface area contributed by atoms with Crippen molar-refractivity contribution in [2.24, 2.45) is 0 Å². The molecule has 1 N–H and O–H groups in total. The molecule has 6 heteroatoms. The van der Waals surface area contributed by atoms with E-state index in [2.05, 4.69) is 21.2 Å². The van der Waals surface area contributed by atoms with Gasteiger partial charge in [0.05, 0.1) is 0 Å². The zero-order valence-electron chi connectivity index (χ0n) is 10.7. The Labute approximate surface area is 134 Å². The number of benzene rings is 1. The minimum atomic E-state index is -0.817. The van der Waals surface area contributed by atoms with E-state index in [9.17, 15) is 8.78 Å². The molecule has 0 amide bonds. The highest BCUT2D eigenvalue weighted by Gasteiger charge is 2.18. The summed E-state index contributed by atoms with van der Waals surface area (Å²) in [7, 11) is 0. The second kappa shape index (κ2) is 6.98. The molecule has 0 saturated carbocycles. The van der Waals surface area contributed by atoms with Crippen LogP contribution in [0.2, 0.25) is 4.34 Å². The van der Waals surface area contributed by atoms with Gasteiger partial charge in [-0.1, -0.05) is 30.7 Å². The predicted molar refractivity (Wildman–Crippen MR) is 83.5 cm³/mol. The van der Waals surface area contributed by atoms with Crippen LogP contribution in [0.15, 0.2) is 28.7 Å². The van der Waals surface area contributed by atoms with Crippen LogP contribution in [-0.2, 0) is 6.42 Å². The molecule has 0 fully saturated rings. The largest absolute Gasteiger partial charge is 0.309 e. The fourth-order valence-corrected chi connectivity index (χ4v) is 3.79. The lowest BCUT2D eigenvalue weighted by atomic mass is 10.0. The van der Waals surface area contributed by atoms with E-state index < -0.39 is 11.6 Å². The Hall–Kier alpha value is -0.490. The number of thiophene rings is 1. The van der Waals surface area contributed by atoms with Gasteiger partial charge < -0.3 is 5.32 Å². The molecule has 2 aromatic rings. The van der Waals surface area contributed by atoms with Crippen LogP contribution in [0.1, 0.15) is 23.4 Å². The molecule has 20 heavy (non-hydrogen) atoms. The fourth-order valence-electron chi connectivity index (χ4n) is 1.98. The van der Waals surface area contributed by atoms with Crippen molar-refractivity contribution in [2.75, 3.05) is 6.54 Å². The molecule has 1 aromatic carbocycles. The summed E-state index contributed by atoms with van der Waals surface area (Å²) in [5.41, 5.74) is 0.358. The summed E-state index contributed by atoms with van der Waals surface area (Å²) in [6, 6.07) is 6.07. The molecule has 0 bridgehead atoms. The van der Waals surface area contributed by atoms with Gasteiger partial charge in [-0.05, 0) is 46.6 Å². The summed E-state index contributed by atoms with van der Waals surface area (Å²) in [4.78, 5) is 0.993. The van der Waals surface area contributed by atoms with E-state index in [-0.39, 0.29) is 6.04 Å². The number of halogens is 4. The maximum Gasteiger partial charge on any atom is 0.162 e. The molecular weight excluding hydrogens is 368 g/mol. The first-order valence-corrected chi connectivity index (χ1v) is 8.12. The molecule has 1 atom stereocenters. The molecule has 0 aliphatic heterocycles. The molecule has 0 spiro atoms. The topological polar surface area (TPSA) is 12.0 Å². The highest BCUT2D eigenvalue weighted by Crippen LogP contribution is 2.36. The second-order valence-corrected chi connectivity index (χ2v) is 6.84. The zero-order chi connectivity index (χ0) is 14.7. The van der Waals surface area contributed by atoms with Crippen molar-refractivity contribution in [1.29, 1.82) is 0 Å². The minimum Gasteiger partial charge on any atom is -0.309 e. The van der Waals surface area contributed by atoms with Crippen LogP contribution in [0.4, 0.5) is 8.78 Å². The van der Waals surface area contributed by atoms with Gasteiger partial charge in [0.1, 0.15) is 4.34 Å². The summed E-state index contributed by atoms with van der Waals surface area (Å²) < 4.78 is 28.5. The Bertz CT molecular complexity index is 583. The van der Waals surface area contributed by atoms with E-state index in [4.69, 9.17) is 11.6 Å². The van der Waals surface area contributed by atoms with E-state index in [0.717, 1.165) is 22.0 Å². The number of rotatable bonds is 5. The van der Waals surface area contributed by atoms with Crippen molar-refractivity contribution >= 4 is 38.9 Å². The molecule has 0 aliphatic carbocycles. The average Bonchev–Trinajstić information content (AvgIpc) is 2.74. The first kappa shape index (κ1) is 15.9. The third-order valence-electron chi connectivity index (χ3n) is 2.91. The normalized spacial score (nSPS) is 12.7. The highest BCUT2D eigenvalue weighted by atomic mass is 79.9. The Kier molecular flexibility index (Phi) is 5.55. The van der Waals surface area contributed by atoms with Gasteiger partial charge >= 0.3 is 0 Å². The van der Waals surface area contributed by atoms with Gasteiger partial charge in [-0.3, -0.25) is 0 Å². The number of hydrogen-bond acceptors (Lipinski definition) is 2. The van der Waals surface area contributed by atoms with Crippen molar-refractivity contribution in [2.45, 2.75) is 19.4 Å². The number of nitrogens with one attached hydrogen (secondary N) is 1. The standard InChI is InChI=1S/C14H13BrClF2NS/c1-2-19-11(12-7-9(15)14(16)20-12)6-8-4-3-5-10(17)13(8)18/h3-5,7,11,19H,2,6H2,1H3. The van der Waals surface area contributed by atoms with E-state index in [0.29, 0.717) is 16.3 Å². The third kappa shape index (κ3) is 3.58. The van der Waals surface area contributed by atoms with Crippen LogP contribution >= 0.6 is 38.9 Å². The summed E-state index contributed by atoms with van der Waals surface area (Å²) >= 11 is 10.8. The van der Waals surface area contributed by atoms with Gasteiger partial charge in [0.2, 0.25) is 0 Å². The third-order valence-corrected chi connectivity index (χ3v) is 5.50. The Balaban J connectivity index is 2.27. The van der Waals surface area contributed by atoms with E-state index in [1.165, 1.54) is 17.4 Å². The maximum atomic E-state index is 13.8. The monoisotopic (exact) mass is 379 g/mol.